The fourth-order valence-corrected chi connectivity index (χ4v) is 2.11. The summed E-state index contributed by atoms with van der Waals surface area (Å²) < 4.78 is 7.81. The molecule has 20 heavy (non-hydrogen) atoms. The molecule has 1 atom stereocenters. The average Bonchev–Trinajstić information content (AvgIpc) is 2.86. The molecule has 2 rings (SSSR count). The number of benzene rings is 1. The van der Waals surface area contributed by atoms with Crippen molar-refractivity contribution in [3.05, 3.63) is 47.5 Å². The summed E-state index contributed by atoms with van der Waals surface area (Å²) in [5.41, 5.74) is 0. The van der Waals surface area contributed by atoms with Crippen LogP contribution < -0.4 is 10.1 Å². The summed E-state index contributed by atoms with van der Waals surface area (Å²) in [5, 5.41) is 4.00. The first-order chi connectivity index (χ1) is 9.69. The van der Waals surface area contributed by atoms with Gasteiger partial charge in [0.25, 0.3) is 0 Å². The lowest BCUT2D eigenvalue weighted by Crippen LogP contribution is -2.32. The predicted molar refractivity (Wildman–Crippen MR) is 81.3 cm³/mol. The zero-order valence-corrected chi connectivity index (χ0v) is 12.6. The molecule has 1 heterocycles. The van der Waals surface area contributed by atoms with E-state index < -0.39 is 0 Å². The van der Waals surface area contributed by atoms with Crippen LogP contribution in [-0.4, -0.2) is 29.2 Å². The third kappa shape index (κ3) is 4.25. The Kier molecular flexibility index (Phi) is 5.44. The van der Waals surface area contributed by atoms with Crippen LogP contribution in [0, 0.1) is 0 Å². The van der Waals surface area contributed by atoms with E-state index in [-0.39, 0.29) is 0 Å². The first-order valence-electron chi connectivity index (χ1n) is 6.71. The highest BCUT2D eigenvalue weighted by Crippen LogP contribution is 2.16. The summed E-state index contributed by atoms with van der Waals surface area (Å²) in [5.74, 6) is 1.93. The van der Waals surface area contributed by atoms with Crippen molar-refractivity contribution in [2.24, 2.45) is 7.05 Å². The molecule has 0 fully saturated rings. The molecule has 0 aliphatic carbocycles. The molecule has 0 radical (unpaired) electrons. The summed E-state index contributed by atoms with van der Waals surface area (Å²) in [6.07, 6.45) is 5.70. The maximum Gasteiger partial charge on any atom is 0.119 e. The van der Waals surface area contributed by atoms with Gasteiger partial charge in [-0.3, -0.25) is 0 Å². The summed E-state index contributed by atoms with van der Waals surface area (Å²) in [6.45, 7) is 0.628. The van der Waals surface area contributed by atoms with Gasteiger partial charge in [0.2, 0.25) is 0 Å². The van der Waals surface area contributed by atoms with Crippen LogP contribution in [0.2, 0.25) is 5.02 Å². The van der Waals surface area contributed by atoms with Gasteiger partial charge in [0, 0.05) is 36.9 Å². The molecule has 1 aromatic heterocycles. The molecule has 0 amide bonds. The number of aromatic nitrogens is 2. The smallest absolute Gasteiger partial charge is 0.119 e. The maximum absolute atomic E-state index is 5.85. The number of ether oxygens (including phenoxy) is 1. The van der Waals surface area contributed by atoms with Crippen molar-refractivity contribution in [2.75, 3.05) is 13.7 Å². The maximum atomic E-state index is 5.85. The first kappa shape index (κ1) is 14.9. The fraction of sp³-hybridized carbons (Fsp3) is 0.400. The third-order valence-electron chi connectivity index (χ3n) is 3.31. The van der Waals surface area contributed by atoms with E-state index in [1.807, 2.05) is 55.3 Å². The lowest BCUT2D eigenvalue weighted by molar-refractivity contribution is 0.263. The topological polar surface area (TPSA) is 39.1 Å². The molecule has 0 saturated heterocycles. The van der Waals surface area contributed by atoms with E-state index in [4.69, 9.17) is 16.3 Å². The predicted octanol–water partition coefficient (Wildman–Crippen LogP) is 2.67. The number of rotatable bonds is 7. The molecule has 0 bridgehead atoms. The lowest BCUT2D eigenvalue weighted by Gasteiger charge is -2.17. The number of likely N-dealkylation sites (N-methyl/N-ethyl adjacent to an activating group) is 1. The summed E-state index contributed by atoms with van der Waals surface area (Å²) in [7, 11) is 3.97. The van der Waals surface area contributed by atoms with Crippen LogP contribution in [0.5, 0.6) is 5.75 Å². The van der Waals surface area contributed by atoms with Crippen LogP contribution in [0.3, 0.4) is 0 Å². The Bertz CT molecular complexity index is 524. The van der Waals surface area contributed by atoms with Crippen molar-refractivity contribution in [1.82, 2.24) is 14.9 Å². The minimum atomic E-state index is 0.294. The van der Waals surface area contributed by atoms with Gasteiger partial charge in [-0.2, -0.15) is 0 Å². The Morgan fingerprint density at radius 2 is 2.10 bits per heavy atom. The zero-order valence-electron chi connectivity index (χ0n) is 11.8. The van der Waals surface area contributed by atoms with Gasteiger partial charge >= 0.3 is 0 Å². The molecule has 1 aromatic carbocycles. The monoisotopic (exact) mass is 293 g/mol. The number of hydrogen-bond donors (Lipinski definition) is 1. The molecule has 1 unspecified atom stereocenters. The minimum Gasteiger partial charge on any atom is -0.492 e. The van der Waals surface area contributed by atoms with Crippen molar-refractivity contribution < 1.29 is 4.74 Å². The normalized spacial score (nSPS) is 12.3. The lowest BCUT2D eigenvalue weighted by atomic mass is 10.1. The van der Waals surface area contributed by atoms with Crippen LogP contribution in [0.15, 0.2) is 36.7 Å². The van der Waals surface area contributed by atoms with Gasteiger partial charge in [-0.15, -0.1) is 0 Å². The molecule has 0 aliphatic rings. The second kappa shape index (κ2) is 7.31. The van der Waals surface area contributed by atoms with E-state index in [1.165, 1.54) is 0 Å². The number of imidazole rings is 1. The number of nitrogens with zero attached hydrogens (tertiary/aromatic N) is 2. The Labute approximate surface area is 124 Å². The van der Waals surface area contributed by atoms with Crippen molar-refractivity contribution in [3.63, 3.8) is 0 Å². The Morgan fingerprint density at radius 3 is 2.70 bits per heavy atom. The molecule has 0 saturated carbocycles. The molecule has 0 aliphatic heterocycles. The molecule has 108 valence electrons. The van der Waals surface area contributed by atoms with Crippen molar-refractivity contribution in [3.8, 4) is 5.75 Å². The highest BCUT2D eigenvalue weighted by atomic mass is 35.5. The van der Waals surface area contributed by atoms with E-state index in [2.05, 4.69) is 10.3 Å². The van der Waals surface area contributed by atoms with Crippen LogP contribution >= 0.6 is 11.6 Å². The molecule has 5 heteroatoms. The first-order valence-corrected chi connectivity index (χ1v) is 7.08. The SMILES string of the molecule is CNC(CCc1nccn1C)COc1ccc(Cl)cc1. The molecule has 1 N–H and O–H groups in total. The van der Waals surface area contributed by atoms with Gasteiger partial charge in [0.05, 0.1) is 0 Å². The van der Waals surface area contributed by atoms with Crippen LogP contribution in [-0.2, 0) is 13.5 Å². The van der Waals surface area contributed by atoms with Gasteiger partial charge in [-0.25, -0.2) is 4.98 Å². The quantitative estimate of drug-likeness (QED) is 0.853. The van der Waals surface area contributed by atoms with E-state index in [1.54, 1.807) is 0 Å². The second-order valence-corrected chi connectivity index (χ2v) is 5.18. The van der Waals surface area contributed by atoms with Crippen molar-refractivity contribution in [2.45, 2.75) is 18.9 Å². The van der Waals surface area contributed by atoms with Crippen molar-refractivity contribution >= 4 is 11.6 Å². The van der Waals surface area contributed by atoms with E-state index >= 15 is 0 Å². The highest BCUT2D eigenvalue weighted by molar-refractivity contribution is 6.30. The molecule has 0 spiro atoms. The Balaban J connectivity index is 1.80. The molecular formula is C15H20ClN3O. The second-order valence-electron chi connectivity index (χ2n) is 4.74. The number of hydrogen-bond acceptors (Lipinski definition) is 3. The summed E-state index contributed by atoms with van der Waals surface area (Å²) >= 11 is 5.85. The van der Waals surface area contributed by atoms with Gasteiger partial charge in [0.1, 0.15) is 18.2 Å². The fourth-order valence-electron chi connectivity index (χ4n) is 1.98. The largest absolute Gasteiger partial charge is 0.492 e. The molecular weight excluding hydrogens is 274 g/mol. The van der Waals surface area contributed by atoms with E-state index in [0.717, 1.165) is 29.4 Å². The van der Waals surface area contributed by atoms with Gasteiger partial charge < -0.3 is 14.6 Å². The van der Waals surface area contributed by atoms with Crippen LogP contribution in [0.25, 0.3) is 0 Å². The number of halogens is 1. The molecule has 4 nitrogen and oxygen atoms in total. The molecule has 2 aromatic rings. The minimum absolute atomic E-state index is 0.294. The van der Waals surface area contributed by atoms with Gasteiger partial charge in [0.15, 0.2) is 0 Å². The third-order valence-corrected chi connectivity index (χ3v) is 3.56. The van der Waals surface area contributed by atoms with Crippen LogP contribution in [0.4, 0.5) is 0 Å². The summed E-state index contributed by atoms with van der Waals surface area (Å²) in [4.78, 5) is 4.33. The summed E-state index contributed by atoms with van der Waals surface area (Å²) in [6, 6.07) is 7.72. The standard InChI is InChI=1S/C15H20ClN3O/c1-17-13(5-8-15-18-9-10-19(15)2)11-20-14-6-3-12(16)4-7-14/h3-4,6-7,9-10,13,17H,5,8,11H2,1-2H3. The Morgan fingerprint density at radius 1 is 1.35 bits per heavy atom. The number of aryl methyl sites for hydroxylation is 2. The van der Waals surface area contributed by atoms with E-state index in [0.29, 0.717) is 12.6 Å². The van der Waals surface area contributed by atoms with Gasteiger partial charge in [-0.1, -0.05) is 11.6 Å². The number of nitrogens with one attached hydrogen (secondary N) is 1. The highest BCUT2D eigenvalue weighted by Gasteiger charge is 2.09. The van der Waals surface area contributed by atoms with Crippen LogP contribution in [0.1, 0.15) is 12.2 Å². The van der Waals surface area contributed by atoms with Crippen molar-refractivity contribution in [1.29, 1.82) is 0 Å². The average molecular weight is 294 g/mol. The van der Waals surface area contributed by atoms with E-state index in [9.17, 15) is 0 Å². The van der Waals surface area contributed by atoms with Gasteiger partial charge in [-0.05, 0) is 37.7 Å². The Hall–Kier alpha value is -1.52. The zero-order chi connectivity index (χ0) is 14.4.